The average molecular weight is 285 g/mol. The van der Waals surface area contributed by atoms with E-state index in [1.807, 2.05) is 24.3 Å². The smallest absolute Gasteiger partial charge is 0.229 e. The number of benzene rings is 1. The van der Waals surface area contributed by atoms with Crippen molar-refractivity contribution in [3.05, 3.63) is 29.8 Å². The average Bonchev–Trinajstić information content (AvgIpc) is 2.76. The topological polar surface area (TPSA) is 64.3 Å². The Hall–Kier alpha value is -1.10. The van der Waals surface area contributed by atoms with Gasteiger partial charge in [0.05, 0.1) is 12.5 Å². The zero-order valence-electron chi connectivity index (χ0n) is 11.1. The predicted octanol–water partition coefficient (Wildman–Crippen LogP) is 2.32. The van der Waals surface area contributed by atoms with Crippen molar-refractivity contribution >= 4 is 24.0 Å². The third-order valence-corrected chi connectivity index (χ3v) is 3.41. The lowest BCUT2D eigenvalue weighted by Gasteiger charge is -2.15. The van der Waals surface area contributed by atoms with Gasteiger partial charge in [0.2, 0.25) is 5.91 Å². The molecule has 3 N–H and O–H groups in total. The van der Waals surface area contributed by atoms with Gasteiger partial charge in [0.1, 0.15) is 0 Å². The summed E-state index contributed by atoms with van der Waals surface area (Å²) < 4.78 is 5.07. The molecule has 1 aliphatic rings. The van der Waals surface area contributed by atoms with E-state index < -0.39 is 0 Å². The minimum Gasteiger partial charge on any atom is -0.380 e. The maximum atomic E-state index is 12.1. The van der Waals surface area contributed by atoms with Crippen LogP contribution in [0, 0.1) is 5.92 Å². The van der Waals surface area contributed by atoms with Gasteiger partial charge in [0, 0.05) is 18.8 Å². The van der Waals surface area contributed by atoms with Gasteiger partial charge in [-0.2, -0.15) is 0 Å². The molecule has 19 heavy (non-hydrogen) atoms. The van der Waals surface area contributed by atoms with Crippen LogP contribution in [0.1, 0.15) is 24.8 Å². The highest BCUT2D eigenvalue weighted by Gasteiger charge is 2.30. The van der Waals surface area contributed by atoms with Gasteiger partial charge >= 0.3 is 0 Å². The fourth-order valence-corrected chi connectivity index (χ4v) is 2.45. The predicted molar refractivity (Wildman–Crippen MR) is 78.3 cm³/mol. The number of halogens is 1. The van der Waals surface area contributed by atoms with Crippen molar-refractivity contribution in [2.24, 2.45) is 11.7 Å². The molecule has 0 aliphatic heterocycles. The zero-order chi connectivity index (χ0) is 13.0. The van der Waals surface area contributed by atoms with Crippen molar-refractivity contribution in [1.29, 1.82) is 0 Å². The fraction of sp³-hybridized carbons (Fsp3) is 0.500. The number of anilines is 1. The normalized spacial score (nSPS) is 21.8. The molecule has 0 saturated heterocycles. The summed E-state index contributed by atoms with van der Waals surface area (Å²) in [5.74, 6) is -0.00866. The molecule has 0 heterocycles. The molecule has 5 heteroatoms. The maximum absolute atomic E-state index is 12.1. The number of nitrogens with two attached hydrogens (primary N) is 1. The quantitative estimate of drug-likeness (QED) is 0.892. The zero-order valence-corrected chi connectivity index (χ0v) is 11.9. The number of hydrogen-bond donors (Lipinski definition) is 2. The molecule has 4 nitrogen and oxygen atoms in total. The highest BCUT2D eigenvalue weighted by atomic mass is 35.5. The van der Waals surface area contributed by atoms with Crippen LogP contribution in [0.25, 0.3) is 0 Å². The van der Waals surface area contributed by atoms with E-state index in [4.69, 9.17) is 10.5 Å². The van der Waals surface area contributed by atoms with Gasteiger partial charge in [-0.15, -0.1) is 12.4 Å². The van der Waals surface area contributed by atoms with Crippen LogP contribution in [0.2, 0.25) is 0 Å². The molecule has 2 atom stereocenters. The Labute approximate surface area is 120 Å². The first-order valence-electron chi connectivity index (χ1n) is 6.35. The second kappa shape index (κ2) is 7.48. The summed E-state index contributed by atoms with van der Waals surface area (Å²) >= 11 is 0. The van der Waals surface area contributed by atoms with Crippen LogP contribution in [-0.2, 0) is 16.1 Å². The van der Waals surface area contributed by atoms with Gasteiger partial charge in [-0.3, -0.25) is 4.79 Å². The Bertz CT molecular complexity index is 426. The fourth-order valence-electron chi connectivity index (χ4n) is 2.45. The van der Waals surface area contributed by atoms with E-state index in [1.165, 1.54) is 0 Å². The van der Waals surface area contributed by atoms with E-state index in [2.05, 4.69) is 5.32 Å². The number of ether oxygens (including phenoxy) is 1. The highest BCUT2D eigenvalue weighted by Crippen LogP contribution is 2.25. The van der Waals surface area contributed by atoms with Gasteiger partial charge in [0.25, 0.3) is 0 Å². The first-order chi connectivity index (χ1) is 8.70. The molecule has 2 rings (SSSR count). The van der Waals surface area contributed by atoms with Crippen molar-refractivity contribution in [3.8, 4) is 0 Å². The van der Waals surface area contributed by atoms with Gasteiger partial charge in [-0.05, 0) is 30.5 Å². The largest absolute Gasteiger partial charge is 0.380 e. The van der Waals surface area contributed by atoms with E-state index in [9.17, 15) is 4.79 Å². The monoisotopic (exact) mass is 284 g/mol. The lowest BCUT2D eigenvalue weighted by molar-refractivity contribution is -0.120. The Balaban J connectivity index is 0.00000180. The molecule has 106 valence electrons. The lowest BCUT2D eigenvalue weighted by Crippen LogP contribution is -2.34. The van der Waals surface area contributed by atoms with E-state index >= 15 is 0 Å². The van der Waals surface area contributed by atoms with Gasteiger partial charge in [0.15, 0.2) is 0 Å². The number of carbonyl (C=O) groups excluding carboxylic acids is 1. The first-order valence-corrected chi connectivity index (χ1v) is 6.35. The van der Waals surface area contributed by atoms with Crippen LogP contribution in [-0.4, -0.2) is 19.1 Å². The number of methoxy groups -OCH3 is 1. The minimum atomic E-state index is -0.0453. The Morgan fingerprint density at radius 3 is 2.89 bits per heavy atom. The molecule has 1 amide bonds. The Kier molecular flexibility index (Phi) is 6.28. The summed E-state index contributed by atoms with van der Waals surface area (Å²) in [6, 6.07) is 7.71. The molecule has 1 aromatic carbocycles. The van der Waals surface area contributed by atoms with E-state index in [-0.39, 0.29) is 30.3 Å². The standard InChI is InChI=1S/C14H20N2O2.ClH/c1-18-9-10-4-2-5-11(8-10)16-14(17)12-6-3-7-13(12)15;/h2,4-5,8,12-13H,3,6-7,9,15H2,1H3,(H,16,17);1H. The second-order valence-corrected chi connectivity index (χ2v) is 4.82. The third kappa shape index (κ3) is 4.20. The molecule has 0 aromatic heterocycles. The second-order valence-electron chi connectivity index (χ2n) is 4.82. The molecule has 0 spiro atoms. The summed E-state index contributed by atoms with van der Waals surface area (Å²) in [4.78, 5) is 12.1. The van der Waals surface area contributed by atoms with Crippen molar-refractivity contribution in [1.82, 2.24) is 0 Å². The highest BCUT2D eigenvalue weighted by molar-refractivity contribution is 5.93. The first kappa shape index (κ1) is 16.0. The molecule has 1 aromatic rings. The van der Waals surface area contributed by atoms with Crippen LogP contribution >= 0.6 is 12.4 Å². The molecule has 1 fully saturated rings. The van der Waals surface area contributed by atoms with Crippen LogP contribution in [0.15, 0.2) is 24.3 Å². The summed E-state index contributed by atoms with van der Waals surface area (Å²) in [5, 5.41) is 2.94. The Morgan fingerprint density at radius 2 is 2.26 bits per heavy atom. The number of hydrogen-bond acceptors (Lipinski definition) is 3. The molecule has 0 radical (unpaired) electrons. The summed E-state index contributed by atoms with van der Waals surface area (Å²) in [5.41, 5.74) is 7.79. The number of carbonyl (C=O) groups is 1. The minimum absolute atomic E-state index is 0. The van der Waals surface area contributed by atoms with Gasteiger partial charge in [-0.1, -0.05) is 18.6 Å². The van der Waals surface area contributed by atoms with E-state index in [1.54, 1.807) is 7.11 Å². The van der Waals surface area contributed by atoms with E-state index in [0.29, 0.717) is 6.61 Å². The molecular formula is C14H21ClN2O2. The summed E-state index contributed by atoms with van der Waals surface area (Å²) in [7, 11) is 1.66. The lowest BCUT2D eigenvalue weighted by atomic mass is 10.0. The van der Waals surface area contributed by atoms with Crippen LogP contribution in [0.3, 0.4) is 0 Å². The summed E-state index contributed by atoms with van der Waals surface area (Å²) in [6.45, 7) is 0.548. The number of amides is 1. The third-order valence-electron chi connectivity index (χ3n) is 3.41. The van der Waals surface area contributed by atoms with Crippen molar-refractivity contribution in [2.45, 2.75) is 31.9 Å². The number of nitrogens with one attached hydrogen (secondary N) is 1. The Morgan fingerprint density at radius 1 is 1.47 bits per heavy atom. The SMILES string of the molecule is COCc1cccc(NC(=O)C2CCCC2N)c1.Cl. The number of rotatable bonds is 4. The van der Waals surface area contributed by atoms with Crippen molar-refractivity contribution in [2.75, 3.05) is 12.4 Å². The van der Waals surface area contributed by atoms with Crippen LogP contribution in [0.5, 0.6) is 0 Å². The molecule has 1 saturated carbocycles. The summed E-state index contributed by atoms with van der Waals surface area (Å²) in [6.07, 6.45) is 2.88. The van der Waals surface area contributed by atoms with Crippen LogP contribution in [0.4, 0.5) is 5.69 Å². The van der Waals surface area contributed by atoms with Gasteiger partial charge < -0.3 is 15.8 Å². The molecule has 2 unspecified atom stereocenters. The molecule has 0 bridgehead atoms. The van der Waals surface area contributed by atoms with Crippen molar-refractivity contribution < 1.29 is 9.53 Å². The van der Waals surface area contributed by atoms with E-state index in [0.717, 1.165) is 30.5 Å². The van der Waals surface area contributed by atoms with Crippen molar-refractivity contribution in [3.63, 3.8) is 0 Å². The molecule has 1 aliphatic carbocycles. The maximum Gasteiger partial charge on any atom is 0.229 e. The molecular weight excluding hydrogens is 264 g/mol. The van der Waals surface area contributed by atoms with Crippen LogP contribution < -0.4 is 11.1 Å². The van der Waals surface area contributed by atoms with Gasteiger partial charge in [-0.25, -0.2) is 0 Å².